The molecule has 1 aliphatic heterocycles. The van der Waals surface area contributed by atoms with Gasteiger partial charge in [-0.3, -0.25) is 9.59 Å². The molecule has 1 saturated heterocycles. The Hall–Kier alpha value is -2.57. The average Bonchev–Trinajstić information content (AvgIpc) is 3.21. The highest BCUT2D eigenvalue weighted by Crippen LogP contribution is 2.39. The fourth-order valence-corrected chi connectivity index (χ4v) is 3.09. The van der Waals surface area contributed by atoms with E-state index in [0.29, 0.717) is 29.4 Å². The van der Waals surface area contributed by atoms with Crippen LogP contribution in [-0.4, -0.2) is 48.9 Å². The Labute approximate surface area is 156 Å². The van der Waals surface area contributed by atoms with Gasteiger partial charge in [-0.05, 0) is 36.4 Å². The molecule has 0 aliphatic carbocycles. The van der Waals surface area contributed by atoms with E-state index in [-0.39, 0.29) is 11.3 Å². The highest BCUT2D eigenvalue weighted by atomic mass is 35.5. The summed E-state index contributed by atoms with van der Waals surface area (Å²) < 4.78 is 5.47. The zero-order valence-electron chi connectivity index (χ0n) is 14.5. The molecule has 1 amide bonds. The molecule has 1 aliphatic rings. The van der Waals surface area contributed by atoms with Gasteiger partial charge in [0.2, 0.25) is 0 Å². The first-order valence-electron chi connectivity index (χ1n) is 8.27. The van der Waals surface area contributed by atoms with Crippen LogP contribution in [0.15, 0.2) is 52.7 Å². The predicted octanol–water partition coefficient (Wildman–Crippen LogP) is 1.50. The molecule has 1 aromatic heterocycles. The summed E-state index contributed by atoms with van der Waals surface area (Å²) in [4.78, 5) is 27.8. The van der Waals surface area contributed by atoms with Crippen LogP contribution in [0.1, 0.15) is 17.4 Å². The number of Topliss-reactive ketones (excluding diaryl/α,β-unsaturated/α-hetero) is 1. The second-order valence-corrected chi connectivity index (χ2v) is 6.91. The number of hydrogen-bond acceptors (Lipinski definition) is 4. The molecule has 2 heterocycles. The lowest BCUT2D eigenvalue weighted by Crippen LogP contribution is -3.06. The van der Waals surface area contributed by atoms with E-state index in [4.69, 9.17) is 16.0 Å². The van der Waals surface area contributed by atoms with Gasteiger partial charge in [0, 0.05) is 10.6 Å². The van der Waals surface area contributed by atoms with Gasteiger partial charge in [0.05, 0.1) is 39.0 Å². The van der Waals surface area contributed by atoms with Crippen molar-refractivity contribution in [1.29, 1.82) is 0 Å². The lowest BCUT2D eigenvalue weighted by atomic mass is 9.99. The van der Waals surface area contributed by atoms with Gasteiger partial charge in [0.1, 0.15) is 17.6 Å². The Kier molecular flexibility index (Phi) is 5.15. The van der Waals surface area contributed by atoms with Crippen LogP contribution >= 0.6 is 11.6 Å². The number of aliphatic hydroxyl groups is 1. The molecule has 1 fully saturated rings. The summed E-state index contributed by atoms with van der Waals surface area (Å²) in [5, 5.41) is 11.3. The van der Waals surface area contributed by atoms with Crippen LogP contribution in [0.5, 0.6) is 0 Å². The molecule has 26 heavy (non-hydrogen) atoms. The number of nitrogens with one attached hydrogen (secondary N) is 1. The number of carbonyl (C=O) groups is 2. The highest BCUT2D eigenvalue weighted by Gasteiger charge is 2.47. The van der Waals surface area contributed by atoms with Crippen molar-refractivity contribution >= 4 is 29.1 Å². The molecule has 0 unspecified atom stereocenters. The summed E-state index contributed by atoms with van der Waals surface area (Å²) in [6.45, 7) is 1.03. The summed E-state index contributed by atoms with van der Waals surface area (Å²) in [5.74, 6) is -1.15. The number of amides is 1. The number of halogens is 1. The molecule has 6 nitrogen and oxygen atoms in total. The predicted molar refractivity (Wildman–Crippen MR) is 96.8 cm³/mol. The first-order chi connectivity index (χ1) is 12.4. The topological polar surface area (TPSA) is 75.2 Å². The minimum atomic E-state index is -0.750. The zero-order chi connectivity index (χ0) is 18.8. The van der Waals surface area contributed by atoms with Crippen LogP contribution in [-0.2, 0) is 9.59 Å². The minimum absolute atomic E-state index is 0.0287. The van der Waals surface area contributed by atoms with Crippen molar-refractivity contribution in [2.24, 2.45) is 0 Å². The van der Waals surface area contributed by atoms with Gasteiger partial charge >= 0.3 is 0 Å². The van der Waals surface area contributed by atoms with Crippen LogP contribution in [0.25, 0.3) is 5.76 Å². The van der Waals surface area contributed by atoms with Gasteiger partial charge in [-0.25, -0.2) is 0 Å². The van der Waals surface area contributed by atoms with Crippen molar-refractivity contribution in [2.45, 2.75) is 6.04 Å². The van der Waals surface area contributed by atoms with E-state index in [0.717, 1.165) is 4.90 Å². The molecule has 3 rings (SSSR count). The van der Waals surface area contributed by atoms with E-state index in [1.165, 1.54) is 11.2 Å². The number of aliphatic hydroxyl groups excluding tert-OH is 1. The van der Waals surface area contributed by atoms with E-state index in [9.17, 15) is 14.7 Å². The van der Waals surface area contributed by atoms with Crippen molar-refractivity contribution in [3.8, 4) is 0 Å². The minimum Gasteiger partial charge on any atom is -0.507 e. The standard InChI is InChI=1S/C19H19ClN2O4/c1-21(2)9-10-22-16(14-4-3-11-26-14)15(18(24)19(22)25)17(23)12-5-7-13(20)8-6-12/h3-8,11,16,23H,9-10H2,1-2H3/p+1/t16-/m1/s1. The van der Waals surface area contributed by atoms with E-state index in [2.05, 4.69) is 0 Å². The molecule has 2 N–H and O–H groups in total. The summed E-state index contributed by atoms with van der Waals surface area (Å²) in [5.41, 5.74) is 0.447. The fourth-order valence-electron chi connectivity index (χ4n) is 2.96. The van der Waals surface area contributed by atoms with Crippen molar-refractivity contribution < 1.29 is 24.0 Å². The van der Waals surface area contributed by atoms with Crippen LogP contribution in [0.2, 0.25) is 5.02 Å². The lowest BCUT2D eigenvalue weighted by molar-refractivity contribution is -0.857. The van der Waals surface area contributed by atoms with Gasteiger partial charge in [-0.1, -0.05) is 11.6 Å². The smallest absolute Gasteiger partial charge is 0.295 e. The number of carbonyl (C=O) groups excluding carboxylic acids is 2. The van der Waals surface area contributed by atoms with Gasteiger partial charge in [-0.2, -0.15) is 0 Å². The molecular formula is C19H20ClN2O4+. The number of furan rings is 1. The monoisotopic (exact) mass is 375 g/mol. The number of likely N-dealkylation sites (tertiary alicyclic amines) is 1. The number of hydrogen-bond donors (Lipinski definition) is 2. The second kappa shape index (κ2) is 7.35. The molecule has 1 aromatic carbocycles. The molecule has 0 radical (unpaired) electrons. The number of benzene rings is 1. The first kappa shape index (κ1) is 18.2. The summed E-state index contributed by atoms with van der Waals surface area (Å²) >= 11 is 5.89. The molecule has 2 aromatic rings. The van der Waals surface area contributed by atoms with Crippen LogP contribution in [0.3, 0.4) is 0 Å². The SMILES string of the molecule is C[NH+](C)CCN1C(=O)C(=O)C(=C(O)c2ccc(Cl)cc2)[C@H]1c1ccco1. The van der Waals surface area contributed by atoms with Gasteiger partial charge < -0.3 is 19.3 Å². The van der Waals surface area contributed by atoms with Gasteiger partial charge in [0.25, 0.3) is 11.7 Å². The summed E-state index contributed by atoms with van der Waals surface area (Å²) in [7, 11) is 3.93. The first-order valence-corrected chi connectivity index (χ1v) is 8.64. The fraction of sp³-hybridized carbons (Fsp3) is 0.263. The summed E-state index contributed by atoms with van der Waals surface area (Å²) in [6.07, 6.45) is 1.48. The van der Waals surface area contributed by atoms with Crippen LogP contribution < -0.4 is 4.90 Å². The van der Waals surface area contributed by atoms with Crippen molar-refractivity contribution in [3.63, 3.8) is 0 Å². The summed E-state index contributed by atoms with van der Waals surface area (Å²) in [6, 6.07) is 9.08. The van der Waals surface area contributed by atoms with Crippen molar-refractivity contribution in [3.05, 3.63) is 64.6 Å². The number of nitrogens with zero attached hydrogens (tertiary/aromatic N) is 1. The van der Waals surface area contributed by atoms with Crippen molar-refractivity contribution in [2.75, 3.05) is 27.2 Å². The normalized spacial score (nSPS) is 19.5. The molecule has 7 heteroatoms. The largest absolute Gasteiger partial charge is 0.507 e. The van der Waals surface area contributed by atoms with Crippen LogP contribution in [0.4, 0.5) is 0 Å². The molecule has 0 bridgehead atoms. The van der Waals surface area contributed by atoms with E-state index >= 15 is 0 Å². The molecular weight excluding hydrogens is 356 g/mol. The van der Waals surface area contributed by atoms with Gasteiger partial charge in [-0.15, -0.1) is 0 Å². The van der Waals surface area contributed by atoms with Gasteiger partial charge in [0.15, 0.2) is 0 Å². The maximum Gasteiger partial charge on any atom is 0.295 e. The maximum atomic E-state index is 12.7. The number of quaternary nitrogens is 1. The van der Waals surface area contributed by atoms with Crippen LogP contribution in [0, 0.1) is 0 Å². The number of rotatable bonds is 5. The molecule has 136 valence electrons. The number of ketones is 1. The highest BCUT2D eigenvalue weighted by molar-refractivity contribution is 6.46. The Morgan fingerprint density at radius 1 is 1.23 bits per heavy atom. The zero-order valence-corrected chi connectivity index (χ0v) is 15.3. The third-order valence-corrected chi connectivity index (χ3v) is 4.57. The average molecular weight is 376 g/mol. The Bertz CT molecular complexity index is 841. The van der Waals surface area contributed by atoms with E-state index in [1.54, 1.807) is 36.4 Å². The third-order valence-electron chi connectivity index (χ3n) is 4.32. The maximum absolute atomic E-state index is 12.7. The third kappa shape index (κ3) is 3.38. The quantitative estimate of drug-likeness (QED) is 0.472. The van der Waals surface area contributed by atoms with E-state index in [1.807, 2.05) is 14.1 Å². The van der Waals surface area contributed by atoms with Crippen molar-refractivity contribution in [1.82, 2.24) is 4.90 Å². The Morgan fingerprint density at radius 2 is 1.92 bits per heavy atom. The lowest BCUT2D eigenvalue weighted by Gasteiger charge is -2.23. The molecule has 0 saturated carbocycles. The number of likely N-dealkylation sites (N-methyl/N-ethyl adjacent to an activating group) is 1. The Morgan fingerprint density at radius 3 is 2.50 bits per heavy atom. The second-order valence-electron chi connectivity index (χ2n) is 6.47. The van der Waals surface area contributed by atoms with E-state index < -0.39 is 17.7 Å². The molecule has 0 spiro atoms. The Balaban J connectivity index is 2.09. The molecule has 1 atom stereocenters.